The van der Waals surface area contributed by atoms with E-state index >= 15 is 0 Å². The molecule has 3 aromatic rings. The summed E-state index contributed by atoms with van der Waals surface area (Å²) in [6.45, 7) is 10.5. The molecule has 1 aliphatic rings. The Bertz CT molecular complexity index is 1070. The molecule has 1 aliphatic carbocycles. The van der Waals surface area contributed by atoms with Crippen LogP contribution in [-0.4, -0.2) is 50.9 Å². The number of nitrogens with zero attached hydrogens (tertiary/aromatic N) is 2. The molecule has 0 bridgehead atoms. The fourth-order valence-corrected chi connectivity index (χ4v) is 3.66. The fourth-order valence-electron chi connectivity index (χ4n) is 3.66. The van der Waals surface area contributed by atoms with E-state index in [0.29, 0.717) is 43.4 Å². The molecule has 0 saturated heterocycles. The van der Waals surface area contributed by atoms with E-state index < -0.39 is 0 Å². The first kappa shape index (κ1) is 28.1. The molecule has 0 radical (unpaired) electrons. The maximum atomic E-state index is 13.7. The van der Waals surface area contributed by atoms with Crippen LogP contribution in [0.4, 0.5) is 15.9 Å². The van der Waals surface area contributed by atoms with Crippen LogP contribution in [0.3, 0.4) is 0 Å². The lowest BCUT2D eigenvalue weighted by Gasteiger charge is -2.13. The van der Waals surface area contributed by atoms with Crippen molar-refractivity contribution in [3.63, 3.8) is 0 Å². The number of aromatic nitrogens is 2. The maximum Gasteiger partial charge on any atom is 0.161 e. The van der Waals surface area contributed by atoms with Gasteiger partial charge in [0, 0.05) is 43.6 Å². The lowest BCUT2D eigenvalue weighted by atomic mass is 10.1. The number of fused-ring (bicyclic) bond motifs is 3. The summed E-state index contributed by atoms with van der Waals surface area (Å²) in [5.41, 5.74) is 4.79. The maximum absolute atomic E-state index is 13.7. The van der Waals surface area contributed by atoms with E-state index in [1.54, 1.807) is 27.4 Å². The number of hydrogen-bond acceptors (Lipinski definition) is 6. The molecule has 1 N–H and O–H groups in total. The molecule has 2 aromatic carbocycles. The van der Waals surface area contributed by atoms with Crippen molar-refractivity contribution in [2.75, 3.05) is 46.5 Å². The molecule has 0 fully saturated rings. The summed E-state index contributed by atoms with van der Waals surface area (Å²) in [7, 11) is 4.93. The fraction of sp³-hybridized carbons (Fsp3) is 0.444. The minimum Gasteiger partial charge on any atom is -0.493 e. The molecule has 35 heavy (non-hydrogen) atoms. The van der Waals surface area contributed by atoms with E-state index in [0.717, 1.165) is 34.8 Å². The van der Waals surface area contributed by atoms with Crippen LogP contribution in [0.15, 0.2) is 36.4 Å². The summed E-state index contributed by atoms with van der Waals surface area (Å²) >= 11 is 0. The van der Waals surface area contributed by atoms with Crippen LogP contribution in [0, 0.1) is 5.82 Å². The van der Waals surface area contributed by atoms with E-state index in [1.807, 2.05) is 50.6 Å². The molecular formula is C27H38FN3O4. The van der Waals surface area contributed by atoms with Gasteiger partial charge in [-0.15, -0.1) is 0 Å². The van der Waals surface area contributed by atoms with Crippen LogP contribution in [0.5, 0.6) is 11.5 Å². The molecule has 0 saturated carbocycles. The van der Waals surface area contributed by atoms with Crippen LogP contribution < -0.4 is 14.8 Å². The number of rotatable bonds is 9. The average Bonchev–Trinajstić information content (AvgIpc) is 3.40. The second kappa shape index (κ2) is 14.3. The molecule has 0 atom stereocenters. The first-order valence-corrected chi connectivity index (χ1v) is 12.0. The van der Waals surface area contributed by atoms with Gasteiger partial charge in [0.15, 0.2) is 11.5 Å². The molecule has 0 spiro atoms. The summed E-state index contributed by atoms with van der Waals surface area (Å²) in [4.78, 5) is 0. The van der Waals surface area contributed by atoms with E-state index in [4.69, 9.17) is 19.3 Å². The van der Waals surface area contributed by atoms with Gasteiger partial charge in [-0.25, -0.2) is 9.07 Å². The smallest absolute Gasteiger partial charge is 0.161 e. The predicted octanol–water partition coefficient (Wildman–Crippen LogP) is 6.07. The number of ether oxygens (including phenoxy) is 4. The Morgan fingerprint density at radius 3 is 2.29 bits per heavy atom. The summed E-state index contributed by atoms with van der Waals surface area (Å²) in [5.74, 6) is 1.92. The molecule has 8 heteroatoms. The highest BCUT2D eigenvalue weighted by atomic mass is 19.1. The van der Waals surface area contributed by atoms with Crippen molar-refractivity contribution in [2.45, 2.75) is 40.7 Å². The van der Waals surface area contributed by atoms with Gasteiger partial charge >= 0.3 is 0 Å². The third-order valence-corrected chi connectivity index (χ3v) is 5.31. The molecule has 192 valence electrons. The SMILES string of the molecule is CC.CCOC.CCOCCn1nc2c(c1Nc1cccc(F)c1)Cc1cc(OC)c(OC)cc1-2. The van der Waals surface area contributed by atoms with E-state index in [-0.39, 0.29) is 5.82 Å². The molecular weight excluding hydrogens is 449 g/mol. The van der Waals surface area contributed by atoms with Gasteiger partial charge in [-0.1, -0.05) is 19.9 Å². The van der Waals surface area contributed by atoms with Crippen LogP contribution in [0.2, 0.25) is 0 Å². The van der Waals surface area contributed by atoms with Crippen LogP contribution in [0.25, 0.3) is 11.3 Å². The minimum absolute atomic E-state index is 0.287. The molecule has 0 aliphatic heterocycles. The quantitative estimate of drug-likeness (QED) is 0.289. The van der Waals surface area contributed by atoms with Crippen molar-refractivity contribution in [1.82, 2.24) is 9.78 Å². The molecule has 0 unspecified atom stereocenters. The van der Waals surface area contributed by atoms with Crippen molar-refractivity contribution in [3.8, 4) is 22.8 Å². The summed E-state index contributed by atoms with van der Waals surface area (Å²) in [6.07, 6.45) is 0.706. The highest BCUT2D eigenvalue weighted by Gasteiger charge is 2.29. The molecule has 4 rings (SSSR count). The summed E-state index contributed by atoms with van der Waals surface area (Å²) in [5, 5.41) is 8.19. The van der Waals surface area contributed by atoms with Gasteiger partial charge in [0.05, 0.1) is 33.1 Å². The second-order valence-corrected chi connectivity index (χ2v) is 7.35. The zero-order valence-corrected chi connectivity index (χ0v) is 21.9. The number of anilines is 2. The first-order valence-electron chi connectivity index (χ1n) is 12.0. The second-order valence-electron chi connectivity index (χ2n) is 7.35. The van der Waals surface area contributed by atoms with Gasteiger partial charge in [0.1, 0.15) is 11.6 Å². The summed E-state index contributed by atoms with van der Waals surface area (Å²) in [6, 6.07) is 10.4. The third-order valence-electron chi connectivity index (χ3n) is 5.31. The topological polar surface area (TPSA) is 66.8 Å². The number of methoxy groups -OCH3 is 3. The Balaban J connectivity index is 0.000000655. The van der Waals surface area contributed by atoms with Gasteiger partial charge < -0.3 is 24.3 Å². The van der Waals surface area contributed by atoms with Crippen LogP contribution >= 0.6 is 0 Å². The minimum atomic E-state index is -0.287. The summed E-state index contributed by atoms with van der Waals surface area (Å²) < 4.78 is 36.5. The first-order chi connectivity index (χ1) is 17.1. The van der Waals surface area contributed by atoms with Gasteiger partial charge in [-0.2, -0.15) is 5.10 Å². The molecule has 1 aromatic heterocycles. The Morgan fingerprint density at radius 2 is 1.69 bits per heavy atom. The largest absolute Gasteiger partial charge is 0.493 e. The van der Waals surface area contributed by atoms with Crippen molar-refractivity contribution in [2.24, 2.45) is 0 Å². The lowest BCUT2D eigenvalue weighted by Crippen LogP contribution is -2.11. The average molecular weight is 488 g/mol. The number of nitrogens with one attached hydrogen (secondary N) is 1. The monoisotopic (exact) mass is 487 g/mol. The Hall–Kier alpha value is -3.10. The standard InChI is InChI=1S/C22H24FN3O3.C3H8O.C2H6/c1-4-29-9-8-26-22(24-16-7-5-6-15(23)12-16)18-10-14-11-19(27-2)20(28-3)13-17(14)21(18)25-26;1-3-4-2;1-2/h5-7,11-13,24H,4,8-10H2,1-3H3;3H2,1-2H3;1-2H3. The van der Waals surface area contributed by atoms with E-state index in [2.05, 4.69) is 10.1 Å². The van der Waals surface area contributed by atoms with E-state index in [9.17, 15) is 4.39 Å². The van der Waals surface area contributed by atoms with E-state index in [1.165, 1.54) is 12.1 Å². The number of halogens is 1. The Labute approximate surface area is 208 Å². The van der Waals surface area contributed by atoms with Crippen molar-refractivity contribution in [1.29, 1.82) is 0 Å². The van der Waals surface area contributed by atoms with Crippen LogP contribution in [-0.2, 0) is 22.4 Å². The number of benzene rings is 2. The van der Waals surface area contributed by atoms with Gasteiger partial charge in [-0.05, 0) is 49.7 Å². The van der Waals surface area contributed by atoms with Crippen molar-refractivity contribution < 1.29 is 23.3 Å². The third kappa shape index (κ3) is 6.96. The van der Waals surface area contributed by atoms with Crippen molar-refractivity contribution >= 4 is 11.5 Å². The molecule has 0 amide bonds. The van der Waals surface area contributed by atoms with Crippen LogP contribution in [0.1, 0.15) is 38.8 Å². The zero-order chi connectivity index (χ0) is 25.8. The highest BCUT2D eigenvalue weighted by Crippen LogP contribution is 2.45. The predicted molar refractivity (Wildman–Crippen MR) is 139 cm³/mol. The lowest BCUT2D eigenvalue weighted by molar-refractivity contribution is 0.137. The van der Waals surface area contributed by atoms with Crippen molar-refractivity contribution in [3.05, 3.63) is 53.3 Å². The highest BCUT2D eigenvalue weighted by molar-refractivity contribution is 5.82. The zero-order valence-electron chi connectivity index (χ0n) is 21.9. The Morgan fingerprint density at radius 1 is 1.00 bits per heavy atom. The molecule has 7 nitrogen and oxygen atoms in total. The van der Waals surface area contributed by atoms with Gasteiger partial charge in [0.2, 0.25) is 0 Å². The number of hydrogen-bond donors (Lipinski definition) is 1. The normalized spacial score (nSPS) is 10.9. The van der Waals surface area contributed by atoms with Gasteiger partial charge in [-0.3, -0.25) is 0 Å². The molecule has 1 heterocycles. The van der Waals surface area contributed by atoms with Gasteiger partial charge in [0.25, 0.3) is 0 Å². The Kier molecular flexibility index (Phi) is 11.5.